The Bertz CT molecular complexity index is 687. The highest BCUT2D eigenvalue weighted by Crippen LogP contribution is 2.29. The first-order valence-electron chi connectivity index (χ1n) is 5.53. The predicted octanol–water partition coefficient (Wildman–Crippen LogP) is 2.59. The SMILES string of the molecule is CNc1ncc([N+](=O)[O-])c(Nc2c(F)cc(F)cc2F)n1. The summed E-state index contributed by atoms with van der Waals surface area (Å²) in [5.41, 5.74) is -1.34. The van der Waals surface area contributed by atoms with Gasteiger partial charge in [-0.05, 0) is 0 Å². The summed E-state index contributed by atoms with van der Waals surface area (Å²) >= 11 is 0. The number of halogens is 3. The van der Waals surface area contributed by atoms with Gasteiger partial charge in [0.2, 0.25) is 11.8 Å². The van der Waals surface area contributed by atoms with Gasteiger partial charge >= 0.3 is 5.69 Å². The average Bonchev–Trinajstić information content (AvgIpc) is 2.42. The van der Waals surface area contributed by atoms with E-state index in [0.29, 0.717) is 12.1 Å². The van der Waals surface area contributed by atoms with E-state index >= 15 is 0 Å². The maximum absolute atomic E-state index is 13.5. The molecule has 10 heteroatoms. The van der Waals surface area contributed by atoms with Gasteiger partial charge in [0.25, 0.3) is 0 Å². The topological polar surface area (TPSA) is 93.0 Å². The minimum absolute atomic E-state index is 0.00558. The Balaban J connectivity index is 2.50. The van der Waals surface area contributed by atoms with Gasteiger partial charge in [-0.15, -0.1) is 0 Å². The molecule has 0 saturated carbocycles. The molecule has 0 spiro atoms. The van der Waals surface area contributed by atoms with Gasteiger partial charge in [-0.25, -0.2) is 18.2 Å². The fourth-order valence-corrected chi connectivity index (χ4v) is 1.50. The Hall–Kier alpha value is -2.91. The zero-order valence-corrected chi connectivity index (χ0v) is 10.5. The molecule has 0 aliphatic heterocycles. The Morgan fingerprint density at radius 3 is 2.38 bits per heavy atom. The van der Waals surface area contributed by atoms with Gasteiger partial charge in [0.05, 0.1) is 4.92 Å². The van der Waals surface area contributed by atoms with Crippen LogP contribution in [0, 0.1) is 27.6 Å². The van der Waals surface area contributed by atoms with Crippen molar-refractivity contribution in [2.75, 3.05) is 17.7 Å². The van der Waals surface area contributed by atoms with Crippen LogP contribution in [0.2, 0.25) is 0 Å². The van der Waals surface area contributed by atoms with Crippen LogP contribution in [0.15, 0.2) is 18.3 Å². The molecule has 1 aromatic heterocycles. The highest BCUT2D eigenvalue weighted by Gasteiger charge is 2.20. The highest BCUT2D eigenvalue weighted by atomic mass is 19.1. The van der Waals surface area contributed by atoms with Crippen molar-refractivity contribution in [3.63, 3.8) is 0 Å². The van der Waals surface area contributed by atoms with Crippen molar-refractivity contribution >= 4 is 23.1 Å². The standard InChI is InChI=1S/C11H8F3N5O2/c1-15-11-16-4-8(19(20)21)10(18-11)17-9-6(13)2-5(12)3-7(9)14/h2-4H,1H3,(H2,15,16,17,18). The maximum Gasteiger partial charge on any atom is 0.329 e. The minimum Gasteiger partial charge on any atom is -0.357 e. The molecule has 1 heterocycles. The molecular formula is C11H8F3N5O2. The van der Waals surface area contributed by atoms with Crippen LogP contribution in [-0.2, 0) is 0 Å². The van der Waals surface area contributed by atoms with Gasteiger partial charge in [0, 0.05) is 19.2 Å². The van der Waals surface area contributed by atoms with E-state index in [0.717, 1.165) is 6.20 Å². The van der Waals surface area contributed by atoms with E-state index in [1.807, 2.05) is 0 Å². The van der Waals surface area contributed by atoms with Crippen molar-refractivity contribution in [1.82, 2.24) is 9.97 Å². The lowest BCUT2D eigenvalue weighted by Crippen LogP contribution is -2.06. The van der Waals surface area contributed by atoms with Gasteiger partial charge in [-0.2, -0.15) is 4.98 Å². The average molecular weight is 299 g/mol. The van der Waals surface area contributed by atoms with E-state index < -0.39 is 39.6 Å². The Morgan fingerprint density at radius 1 is 1.24 bits per heavy atom. The number of nitrogens with one attached hydrogen (secondary N) is 2. The number of aromatic nitrogens is 2. The molecule has 2 rings (SSSR count). The van der Waals surface area contributed by atoms with E-state index in [1.165, 1.54) is 7.05 Å². The largest absolute Gasteiger partial charge is 0.357 e. The fraction of sp³-hybridized carbons (Fsp3) is 0.0909. The first-order valence-corrected chi connectivity index (χ1v) is 5.53. The lowest BCUT2D eigenvalue weighted by Gasteiger charge is -2.09. The summed E-state index contributed by atoms with van der Waals surface area (Å²) < 4.78 is 39.9. The first-order chi connectivity index (χ1) is 9.92. The van der Waals surface area contributed by atoms with Crippen LogP contribution in [0.25, 0.3) is 0 Å². The lowest BCUT2D eigenvalue weighted by atomic mass is 10.2. The van der Waals surface area contributed by atoms with Gasteiger partial charge in [-0.3, -0.25) is 10.1 Å². The highest BCUT2D eigenvalue weighted by molar-refractivity contribution is 5.66. The molecule has 0 aliphatic rings. The molecule has 2 N–H and O–H groups in total. The van der Waals surface area contributed by atoms with Gasteiger partial charge in [0.15, 0.2) is 11.6 Å². The zero-order valence-electron chi connectivity index (χ0n) is 10.5. The molecule has 0 fully saturated rings. The summed E-state index contributed by atoms with van der Waals surface area (Å²) in [6.45, 7) is 0. The summed E-state index contributed by atoms with van der Waals surface area (Å²) in [6, 6.07) is 0.884. The Morgan fingerprint density at radius 2 is 1.86 bits per heavy atom. The number of benzene rings is 1. The van der Waals surface area contributed by atoms with Crippen molar-refractivity contribution in [2.45, 2.75) is 0 Å². The number of hydrogen-bond acceptors (Lipinski definition) is 6. The van der Waals surface area contributed by atoms with Crippen molar-refractivity contribution < 1.29 is 18.1 Å². The number of nitrogens with zero attached hydrogens (tertiary/aromatic N) is 3. The van der Waals surface area contributed by atoms with Crippen LogP contribution in [0.4, 0.5) is 36.3 Å². The molecule has 21 heavy (non-hydrogen) atoms. The molecule has 1 aromatic carbocycles. The van der Waals surface area contributed by atoms with Crippen molar-refractivity contribution in [1.29, 1.82) is 0 Å². The van der Waals surface area contributed by atoms with E-state index in [9.17, 15) is 23.3 Å². The number of rotatable bonds is 4. The molecule has 2 aromatic rings. The first kappa shape index (κ1) is 14.5. The second kappa shape index (κ2) is 5.61. The second-order valence-corrected chi connectivity index (χ2v) is 3.80. The minimum atomic E-state index is -1.24. The van der Waals surface area contributed by atoms with Crippen LogP contribution >= 0.6 is 0 Å². The van der Waals surface area contributed by atoms with E-state index in [1.54, 1.807) is 0 Å². The van der Waals surface area contributed by atoms with Crippen LogP contribution in [0.1, 0.15) is 0 Å². The number of nitro groups is 1. The molecule has 0 atom stereocenters. The third-order valence-corrected chi connectivity index (χ3v) is 2.44. The summed E-state index contributed by atoms with van der Waals surface area (Å²) in [5, 5.41) is 15.5. The normalized spacial score (nSPS) is 10.3. The van der Waals surface area contributed by atoms with E-state index in [4.69, 9.17) is 0 Å². The molecule has 0 radical (unpaired) electrons. The molecule has 0 bridgehead atoms. The number of hydrogen-bond donors (Lipinski definition) is 2. The van der Waals surface area contributed by atoms with Gasteiger partial charge in [-0.1, -0.05) is 0 Å². The second-order valence-electron chi connectivity index (χ2n) is 3.80. The molecule has 110 valence electrons. The van der Waals surface area contributed by atoms with Crippen molar-refractivity contribution in [3.8, 4) is 0 Å². The summed E-state index contributed by atoms with van der Waals surface area (Å²) in [7, 11) is 1.46. The van der Waals surface area contributed by atoms with E-state index in [-0.39, 0.29) is 5.95 Å². The Labute approximate surface area is 116 Å². The summed E-state index contributed by atoms with van der Waals surface area (Å²) in [6.07, 6.45) is 0.875. The van der Waals surface area contributed by atoms with Crippen molar-refractivity contribution in [2.24, 2.45) is 0 Å². The summed E-state index contributed by atoms with van der Waals surface area (Å²) in [5.74, 6) is -4.02. The van der Waals surface area contributed by atoms with E-state index in [2.05, 4.69) is 20.6 Å². The van der Waals surface area contributed by atoms with Gasteiger partial charge < -0.3 is 10.6 Å². The van der Waals surface area contributed by atoms with Crippen LogP contribution in [-0.4, -0.2) is 21.9 Å². The molecule has 0 aliphatic carbocycles. The van der Waals surface area contributed by atoms with Crippen LogP contribution in [0.5, 0.6) is 0 Å². The summed E-state index contributed by atoms with van der Waals surface area (Å²) in [4.78, 5) is 17.4. The van der Waals surface area contributed by atoms with Crippen molar-refractivity contribution in [3.05, 3.63) is 45.9 Å². The smallest absolute Gasteiger partial charge is 0.329 e. The lowest BCUT2D eigenvalue weighted by molar-refractivity contribution is -0.384. The predicted molar refractivity (Wildman–Crippen MR) is 67.8 cm³/mol. The Kier molecular flexibility index (Phi) is 3.87. The molecule has 0 saturated heterocycles. The molecule has 7 nitrogen and oxygen atoms in total. The number of anilines is 3. The third-order valence-electron chi connectivity index (χ3n) is 2.44. The molecule has 0 unspecified atom stereocenters. The maximum atomic E-state index is 13.5. The molecular weight excluding hydrogens is 291 g/mol. The van der Waals surface area contributed by atoms with Crippen LogP contribution in [0.3, 0.4) is 0 Å². The zero-order chi connectivity index (χ0) is 15.6. The quantitative estimate of drug-likeness (QED) is 0.666. The van der Waals surface area contributed by atoms with Gasteiger partial charge in [0.1, 0.15) is 17.7 Å². The monoisotopic (exact) mass is 299 g/mol. The third kappa shape index (κ3) is 2.99. The van der Waals surface area contributed by atoms with Crippen LogP contribution < -0.4 is 10.6 Å². The molecule has 0 amide bonds. The fourth-order valence-electron chi connectivity index (χ4n) is 1.50.